The van der Waals surface area contributed by atoms with Gasteiger partial charge in [0.25, 0.3) is 0 Å². The van der Waals surface area contributed by atoms with Crippen LogP contribution in [0.5, 0.6) is 0 Å². The molecule has 0 saturated carbocycles. The maximum Gasteiger partial charge on any atom is 0.338 e. The lowest BCUT2D eigenvalue weighted by molar-refractivity contribution is 0.0210. The number of carbonyl (C=O) groups excluding carboxylic acids is 4. The molecule has 0 amide bonds. The molecular formula is C56H60N2O16. The lowest BCUT2D eigenvalue weighted by Gasteiger charge is -2.07. The van der Waals surface area contributed by atoms with Crippen molar-refractivity contribution in [3.05, 3.63) is 129 Å². The lowest BCUT2D eigenvalue weighted by atomic mass is 10.1. The van der Waals surface area contributed by atoms with Crippen molar-refractivity contribution >= 4 is 45.7 Å². The summed E-state index contributed by atoms with van der Waals surface area (Å²) in [6.07, 6.45) is 0. The fourth-order valence-electron chi connectivity index (χ4n) is 7.02. The highest BCUT2D eigenvalue weighted by Gasteiger charge is 2.18. The number of carbonyl (C=O) groups is 4. The van der Waals surface area contributed by atoms with Crippen molar-refractivity contribution in [2.45, 2.75) is 0 Å². The quantitative estimate of drug-likeness (QED) is 0.0226. The van der Waals surface area contributed by atoms with E-state index in [0.717, 1.165) is 0 Å². The van der Waals surface area contributed by atoms with Gasteiger partial charge in [-0.2, -0.15) is 0 Å². The standard InChI is InChI=1S/C56H60N2O16/c1-63-15-19-67-23-27-71-53(59)43-9-5-7-39(31-43)11-13-41-33-47(55(61)73-29-25-69-21-17-65-3)35-45-37-49(57-51(41)45)50-38-46-36-48(56(62)74-30-26-70-22-18-66-4)34-42(52(46)58-50)14-12-40-8-6-10-44(32-40)54(60)72-28-24-68-20-16-64-2/h5-10,31-38,57-58H,15-30H2,1-4H3. The van der Waals surface area contributed by atoms with Crippen molar-refractivity contribution in [3.8, 4) is 35.1 Å². The van der Waals surface area contributed by atoms with Gasteiger partial charge < -0.3 is 66.8 Å². The van der Waals surface area contributed by atoms with E-state index in [1.54, 1.807) is 101 Å². The van der Waals surface area contributed by atoms with Crippen molar-refractivity contribution in [3.63, 3.8) is 0 Å². The number of benzene rings is 4. The van der Waals surface area contributed by atoms with Gasteiger partial charge in [0.2, 0.25) is 0 Å². The molecule has 74 heavy (non-hydrogen) atoms. The second-order valence-corrected chi connectivity index (χ2v) is 16.0. The van der Waals surface area contributed by atoms with Gasteiger partial charge in [0.05, 0.1) is 124 Å². The van der Waals surface area contributed by atoms with Crippen molar-refractivity contribution in [2.75, 3.05) is 134 Å². The van der Waals surface area contributed by atoms with Crippen LogP contribution in [0.3, 0.4) is 0 Å². The number of aromatic amines is 2. The van der Waals surface area contributed by atoms with Crippen LogP contribution in [-0.2, 0) is 56.8 Å². The number of ether oxygens (including phenoxy) is 12. The van der Waals surface area contributed by atoms with E-state index < -0.39 is 23.9 Å². The highest BCUT2D eigenvalue weighted by atomic mass is 16.6. The first-order valence-electron chi connectivity index (χ1n) is 23.7. The van der Waals surface area contributed by atoms with E-state index in [-0.39, 0.29) is 64.0 Å². The van der Waals surface area contributed by atoms with Crippen LogP contribution in [0, 0.1) is 23.7 Å². The van der Waals surface area contributed by atoms with Crippen molar-refractivity contribution in [1.29, 1.82) is 0 Å². The van der Waals surface area contributed by atoms with Gasteiger partial charge in [-0.1, -0.05) is 35.8 Å². The molecule has 0 aliphatic rings. The predicted molar refractivity (Wildman–Crippen MR) is 272 cm³/mol. The third kappa shape index (κ3) is 17.4. The molecule has 0 unspecified atom stereocenters. The molecule has 0 atom stereocenters. The van der Waals surface area contributed by atoms with Gasteiger partial charge in [0, 0.05) is 61.5 Å². The van der Waals surface area contributed by atoms with E-state index in [2.05, 4.69) is 33.6 Å². The Morgan fingerprint density at radius 3 is 1.03 bits per heavy atom. The van der Waals surface area contributed by atoms with Gasteiger partial charge in [-0.3, -0.25) is 0 Å². The van der Waals surface area contributed by atoms with Gasteiger partial charge in [-0.05, 0) is 72.8 Å². The molecule has 0 saturated heterocycles. The summed E-state index contributed by atoms with van der Waals surface area (Å²) in [6, 6.07) is 23.9. The average molecular weight is 1020 g/mol. The highest BCUT2D eigenvalue weighted by molar-refractivity contribution is 6.01. The first kappa shape index (κ1) is 55.9. The summed E-state index contributed by atoms with van der Waals surface area (Å²) in [6.45, 7) is 4.14. The van der Waals surface area contributed by atoms with Gasteiger partial charge in [0.1, 0.15) is 26.4 Å². The zero-order chi connectivity index (χ0) is 52.3. The molecular weight excluding hydrogens is 957 g/mol. The van der Waals surface area contributed by atoms with E-state index in [1.165, 1.54) is 0 Å². The smallest absolute Gasteiger partial charge is 0.338 e. The Morgan fingerprint density at radius 2 is 0.689 bits per heavy atom. The van der Waals surface area contributed by atoms with Crippen LogP contribution in [0.2, 0.25) is 0 Å². The average Bonchev–Trinajstić information content (AvgIpc) is 4.06. The normalized spacial score (nSPS) is 10.9. The summed E-state index contributed by atoms with van der Waals surface area (Å²) in [4.78, 5) is 59.7. The Balaban J connectivity index is 1.33. The zero-order valence-electron chi connectivity index (χ0n) is 41.9. The molecule has 0 spiro atoms. The summed E-state index contributed by atoms with van der Waals surface area (Å²) in [5, 5.41) is 1.29. The third-order valence-corrected chi connectivity index (χ3v) is 10.7. The number of methoxy groups -OCH3 is 4. The summed E-state index contributed by atoms with van der Waals surface area (Å²) >= 11 is 0. The molecule has 2 aromatic heterocycles. The minimum atomic E-state index is -0.579. The zero-order valence-corrected chi connectivity index (χ0v) is 41.9. The number of esters is 4. The summed E-state index contributed by atoms with van der Waals surface area (Å²) in [5.74, 6) is 10.5. The maximum atomic E-state index is 13.5. The molecule has 0 fully saturated rings. The SMILES string of the molecule is COCCOCCOC(=O)c1cccc(C#Cc2cc(C(=O)OCCOCCOC)cc3cc(-c4cc5cc(C(=O)OCCOCCOC)cc(C#Cc6cccc(C(=O)OCCOCCOC)c6)c5[nH]4)[nH]c23)c1. The highest BCUT2D eigenvalue weighted by Crippen LogP contribution is 2.31. The van der Waals surface area contributed by atoms with E-state index in [0.29, 0.717) is 119 Å². The Labute approximate surface area is 429 Å². The molecule has 0 radical (unpaired) electrons. The number of nitrogens with one attached hydrogen (secondary N) is 2. The van der Waals surface area contributed by atoms with E-state index in [9.17, 15) is 19.2 Å². The topological polar surface area (TPSA) is 211 Å². The van der Waals surface area contributed by atoms with Crippen LogP contribution in [0.25, 0.3) is 33.2 Å². The van der Waals surface area contributed by atoms with Gasteiger partial charge >= 0.3 is 23.9 Å². The van der Waals surface area contributed by atoms with Crippen LogP contribution < -0.4 is 0 Å². The van der Waals surface area contributed by atoms with Gasteiger partial charge in [-0.15, -0.1) is 0 Å². The number of hydrogen-bond donors (Lipinski definition) is 2. The number of aromatic nitrogens is 2. The Morgan fingerprint density at radius 1 is 0.365 bits per heavy atom. The molecule has 2 N–H and O–H groups in total. The molecule has 0 bridgehead atoms. The number of H-pyrrole nitrogens is 2. The van der Waals surface area contributed by atoms with Crippen LogP contribution in [0.4, 0.5) is 0 Å². The monoisotopic (exact) mass is 1020 g/mol. The van der Waals surface area contributed by atoms with Crippen LogP contribution in [0.1, 0.15) is 63.7 Å². The fourth-order valence-corrected chi connectivity index (χ4v) is 7.02. The Bertz CT molecular complexity index is 2740. The van der Waals surface area contributed by atoms with Gasteiger partial charge in [0.15, 0.2) is 0 Å². The molecule has 18 nitrogen and oxygen atoms in total. The predicted octanol–water partition coefficient (Wildman–Crippen LogP) is 6.40. The molecule has 18 heteroatoms. The molecule has 390 valence electrons. The molecule has 0 aliphatic carbocycles. The van der Waals surface area contributed by atoms with Crippen molar-refractivity contribution in [2.24, 2.45) is 0 Å². The summed E-state index contributed by atoms with van der Waals surface area (Å²) < 4.78 is 63.7. The largest absolute Gasteiger partial charge is 0.460 e. The van der Waals surface area contributed by atoms with Crippen molar-refractivity contribution in [1.82, 2.24) is 9.97 Å². The van der Waals surface area contributed by atoms with Crippen LogP contribution in [-0.4, -0.2) is 168 Å². The van der Waals surface area contributed by atoms with Gasteiger partial charge in [-0.25, -0.2) is 19.2 Å². The van der Waals surface area contributed by atoms with E-state index in [4.69, 9.17) is 56.8 Å². The molecule has 6 rings (SSSR count). The van der Waals surface area contributed by atoms with Crippen LogP contribution in [0.15, 0.2) is 84.9 Å². The molecule has 4 aromatic carbocycles. The Hall–Kier alpha value is -7.36. The summed E-state index contributed by atoms with van der Waals surface area (Å²) in [7, 11) is 6.29. The first-order chi connectivity index (χ1) is 36.2. The minimum absolute atomic E-state index is 0.0178. The number of hydrogen-bond acceptors (Lipinski definition) is 16. The van der Waals surface area contributed by atoms with E-state index >= 15 is 0 Å². The molecule has 6 aromatic rings. The first-order valence-corrected chi connectivity index (χ1v) is 23.7. The number of rotatable bonds is 29. The van der Waals surface area contributed by atoms with E-state index in [1.807, 2.05) is 12.1 Å². The molecule has 0 aliphatic heterocycles. The second kappa shape index (κ2) is 30.6. The number of fused-ring (bicyclic) bond motifs is 2. The lowest BCUT2D eigenvalue weighted by Crippen LogP contribution is -2.12. The van der Waals surface area contributed by atoms with Crippen molar-refractivity contribution < 1.29 is 76.0 Å². The molecule has 2 heterocycles. The fraction of sp³-hybridized carbons (Fsp3) is 0.357. The Kier molecular flexibility index (Phi) is 23.2. The second-order valence-electron chi connectivity index (χ2n) is 16.0. The summed E-state index contributed by atoms with van der Waals surface area (Å²) in [5.41, 5.74) is 5.59. The maximum absolute atomic E-state index is 13.5. The van der Waals surface area contributed by atoms with Crippen LogP contribution >= 0.6 is 0 Å². The minimum Gasteiger partial charge on any atom is -0.460 e. The third-order valence-electron chi connectivity index (χ3n) is 10.7.